The third-order valence-corrected chi connectivity index (χ3v) is 8.41. The third-order valence-electron chi connectivity index (χ3n) is 8.41. The second-order valence-electron chi connectivity index (χ2n) is 13.8. The Labute approximate surface area is 282 Å². The largest absolute Gasteiger partial charge is 0.477 e. The van der Waals surface area contributed by atoms with Gasteiger partial charge >= 0.3 is 17.9 Å². The van der Waals surface area contributed by atoms with E-state index in [1.807, 2.05) is 21.1 Å². The van der Waals surface area contributed by atoms with E-state index in [1.54, 1.807) is 0 Å². The van der Waals surface area contributed by atoms with Crippen molar-refractivity contribution in [1.29, 1.82) is 0 Å². The number of rotatable bonds is 33. The number of allylic oxidation sites excluding steroid dienone is 2. The smallest absolute Gasteiger partial charge is 0.362 e. The van der Waals surface area contributed by atoms with Crippen LogP contribution in [0.15, 0.2) is 12.2 Å². The Kier molecular flexibility index (Phi) is 29.1. The average Bonchev–Trinajstić information content (AvgIpc) is 3.00. The van der Waals surface area contributed by atoms with Crippen molar-refractivity contribution >= 4 is 17.9 Å². The van der Waals surface area contributed by atoms with Crippen molar-refractivity contribution in [3.05, 3.63) is 12.2 Å². The maximum atomic E-state index is 12.6. The zero-order valence-corrected chi connectivity index (χ0v) is 30.5. The zero-order chi connectivity index (χ0) is 34.3. The van der Waals surface area contributed by atoms with Gasteiger partial charge in [-0.1, -0.05) is 122 Å². The molecular weight excluding hydrogens is 582 g/mol. The molecule has 0 saturated carbocycles. The molecule has 270 valence electrons. The van der Waals surface area contributed by atoms with Gasteiger partial charge in [-0.25, -0.2) is 4.79 Å². The maximum absolute atomic E-state index is 12.6. The van der Waals surface area contributed by atoms with E-state index in [4.69, 9.17) is 14.2 Å². The molecule has 2 atom stereocenters. The highest BCUT2D eigenvalue weighted by atomic mass is 16.6. The molecule has 0 aliphatic rings. The molecule has 0 spiro atoms. The number of esters is 2. The fraction of sp³-hybridized carbons (Fsp3) is 0.868. The van der Waals surface area contributed by atoms with Gasteiger partial charge in [0.2, 0.25) is 0 Å². The molecule has 0 rings (SSSR count). The lowest BCUT2D eigenvalue weighted by atomic mass is 10.0. The molecule has 8 heteroatoms. The highest BCUT2D eigenvalue weighted by molar-refractivity contribution is 5.72. The standard InChI is InChI=1S/C38H71NO7/c1-6-8-10-12-14-16-18-19-21-23-25-27-29-37(41)46-34(32-44-31-30-35(38(42)43)39(3,4)5)33-45-36(40)28-26-24-22-20-17-15-13-11-9-7-2/h13,15,34-35H,6-12,14,16-33H2,1-5H3/p+1/b15-13+. The van der Waals surface area contributed by atoms with Gasteiger partial charge in [0.1, 0.15) is 6.61 Å². The van der Waals surface area contributed by atoms with Gasteiger partial charge in [-0.3, -0.25) is 9.59 Å². The molecule has 0 fully saturated rings. The number of aliphatic carboxylic acids is 1. The molecule has 0 heterocycles. The van der Waals surface area contributed by atoms with Crippen molar-refractivity contribution < 1.29 is 38.2 Å². The van der Waals surface area contributed by atoms with E-state index in [1.165, 1.54) is 70.6 Å². The van der Waals surface area contributed by atoms with Crippen molar-refractivity contribution in [2.45, 2.75) is 174 Å². The molecule has 46 heavy (non-hydrogen) atoms. The highest BCUT2D eigenvalue weighted by Crippen LogP contribution is 2.14. The van der Waals surface area contributed by atoms with Crippen molar-refractivity contribution in [2.75, 3.05) is 41.0 Å². The Morgan fingerprint density at radius 2 is 1.11 bits per heavy atom. The SMILES string of the molecule is CCCC/C=C/CCCCCCC(=O)OCC(COCCC(C(=O)O)[N+](C)(C)C)OC(=O)CCCCCCCCCCCCCC. The quantitative estimate of drug-likeness (QED) is 0.0326. The normalized spacial score (nSPS) is 13.2. The molecule has 2 unspecified atom stereocenters. The summed E-state index contributed by atoms with van der Waals surface area (Å²) in [7, 11) is 5.51. The monoisotopic (exact) mass is 655 g/mol. The molecule has 0 aromatic rings. The highest BCUT2D eigenvalue weighted by Gasteiger charge is 2.31. The minimum atomic E-state index is -0.876. The molecule has 1 N–H and O–H groups in total. The minimum Gasteiger partial charge on any atom is -0.477 e. The average molecular weight is 655 g/mol. The second kappa shape index (κ2) is 30.4. The molecule has 0 amide bonds. The van der Waals surface area contributed by atoms with E-state index >= 15 is 0 Å². The van der Waals surface area contributed by atoms with Crippen LogP contribution in [0.1, 0.15) is 162 Å². The molecule has 0 bridgehead atoms. The summed E-state index contributed by atoms with van der Waals surface area (Å²) in [5.41, 5.74) is 0. The molecule has 0 aromatic carbocycles. The number of quaternary nitrogens is 1. The first kappa shape index (κ1) is 44.1. The number of nitrogens with zero attached hydrogens (tertiary/aromatic N) is 1. The lowest BCUT2D eigenvalue weighted by molar-refractivity contribution is -0.887. The van der Waals surface area contributed by atoms with Crippen molar-refractivity contribution in [3.8, 4) is 0 Å². The van der Waals surface area contributed by atoms with Crippen LogP contribution in [0.5, 0.6) is 0 Å². The van der Waals surface area contributed by atoms with Crippen LogP contribution in [0.3, 0.4) is 0 Å². The number of likely N-dealkylation sites (N-methyl/N-ethyl adjacent to an activating group) is 1. The summed E-state index contributed by atoms with van der Waals surface area (Å²) in [4.78, 5) is 36.7. The number of hydrogen-bond donors (Lipinski definition) is 1. The van der Waals surface area contributed by atoms with Crippen LogP contribution in [-0.2, 0) is 28.6 Å². The van der Waals surface area contributed by atoms with Gasteiger partial charge in [0.25, 0.3) is 0 Å². The minimum absolute atomic E-state index is 0.0523. The maximum Gasteiger partial charge on any atom is 0.362 e. The number of carbonyl (C=O) groups is 3. The van der Waals surface area contributed by atoms with E-state index in [0.717, 1.165) is 57.8 Å². The van der Waals surface area contributed by atoms with Crippen LogP contribution >= 0.6 is 0 Å². The topological polar surface area (TPSA) is 99.1 Å². The summed E-state index contributed by atoms with van der Waals surface area (Å²) in [6.07, 6.45) is 28.2. The lowest BCUT2D eigenvalue weighted by Gasteiger charge is -2.31. The van der Waals surface area contributed by atoms with E-state index in [2.05, 4.69) is 26.0 Å². The first-order valence-corrected chi connectivity index (χ1v) is 18.7. The van der Waals surface area contributed by atoms with Gasteiger partial charge in [0.05, 0.1) is 34.4 Å². The summed E-state index contributed by atoms with van der Waals surface area (Å²) in [6.45, 7) is 4.67. The molecule has 0 saturated heterocycles. The summed E-state index contributed by atoms with van der Waals surface area (Å²) in [5.74, 6) is -1.48. The van der Waals surface area contributed by atoms with Crippen LogP contribution in [0.25, 0.3) is 0 Å². The van der Waals surface area contributed by atoms with Crippen LogP contribution < -0.4 is 0 Å². The van der Waals surface area contributed by atoms with Crippen LogP contribution in [0.4, 0.5) is 0 Å². The number of carboxylic acid groups (broad SMARTS) is 1. The van der Waals surface area contributed by atoms with Gasteiger partial charge in [-0.15, -0.1) is 0 Å². The van der Waals surface area contributed by atoms with Crippen LogP contribution in [-0.4, -0.2) is 80.6 Å². The Balaban J connectivity index is 4.44. The number of ether oxygens (including phenoxy) is 3. The summed E-state index contributed by atoms with van der Waals surface area (Å²) in [5, 5.41) is 9.56. The lowest BCUT2D eigenvalue weighted by Crippen LogP contribution is -2.50. The van der Waals surface area contributed by atoms with Crippen molar-refractivity contribution in [3.63, 3.8) is 0 Å². The summed E-state index contributed by atoms with van der Waals surface area (Å²) >= 11 is 0. The first-order chi connectivity index (χ1) is 22.1. The number of hydrogen-bond acceptors (Lipinski definition) is 6. The summed E-state index contributed by atoms with van der Waals surface area (Å²) < 4.78 is 17.2. The second-order valence-corrected chi connectivity index (χ2v) is 13.8. The van der Waals surface area contributed by atoms with E-state index in [0.29, 0.717) is 19.3 Å². The van der Waals surface area contributed by atoms with Crippen molar-refractivity contribution in [2.24, 2.45) is 0 Å². The number of carbonyl (C=O) groups excluding carboxylic acids is 2. The first-order valence-electron chi connectivity index (χ1n) is 18.7. The van der Waals surface area contributed by atoms with Gasteiger partial charge in [0.15, 0.2) is 12.1 Å². The third kappa shape index (κ3) is 28.3. The molecule has 0 aromatic heterocycles. The predicted octanol–water partition coefficient (Wildman–Crippen LogP) is 9.19. The van der Waals surface area contributed by atoms with Gasteiger partial charge < -0.3 is 23.8 Å². The molecule has 0 aliphatic heterocycles. The molecular formula is C38H72NO7+. The van der Waals surface area contributed by atoms with Crippen LogP contribution in [0.2, 0.25) is 0 Å². The Hall–Kier alpha value is -1.93. The Morgan fingerprint density at radius 3 is 1.63 bits per heavy atom. The fourth-order valence-electron chi connectivity index (χ4n) is 5.42. The number of unbranched alkanes of at least 4 members (excludes halogenated alkanes) is 17. The zero-order valence-electron chi connectivity index (χ0n) is 30.5. The van der Waals surface area contributed by atoms with Gasteiger partial charge in [-0.05, 0) is 32.1 Å². The molecule has 8 nitrogen and oxygen atoms in total. The molecule has 0 radical (unpaired) electrons. The summed E-state index contributed by atoms with van der Waals surface area (Å²) in [6, 6.07) is -0.610. The number of carboxylic acids is 1. The Bertz CT molecular complexity index is 778. The van der Waals surface area contributed by atoms with Gasteiger partial charge in [0, 0.05) is 19.3 Å². The van der Waals surface area contributed by atoms with E-state index in [9.17, 15) is 19.5 Å². The van der Waals surface area contributed by atoms with Crippen LogP contribution in [0, 0.1) is 0 Å². The van der Waals surface area contributed by atoms with Gasteiger partial charge in [-0.2, -0.15) is 0 Å². The predicted molar refractivity (Wildman–Crippen MR) is 188 cm³/mol. The Morgan fingerprint density at radius 1 is 0.630 bits per heavy atom. The van der Waals surface area contributed by atoms with E-state index in [-0.39, 0.29) is 36.2 Å². The fourth-order valence-corrected chi connectivity index (χ4v) is 5.42. The molecule has 0 aliphatic carbocycles. The van der Waals surface area contributed by atoms with Crippen molar-refractivity contribution in [1.82, 2.24) is 0 Å². The van der Waals surface area contributed by atoms with E-state index < -0.39 is 18.1 Å².